The van der Waals surface area contributed by atoms with E-state index in [4.69, 9.17) is 9.72 Å². The van der Waals surface area contributed by atoms with Crippen molar-refractivity contribution in [2.75, 3.05) is 6.61 Å². The van der Waals surface area contributed by atoms with Gasteiger partial charge < -0.3 is 14.8 Å². The Bertz CT molecular complexity index is 1350. The van der Waals surface area contributed by atoms with Crippen LogP contribution in [0.25, 0.3) is 0 Å². The zero-order valence-electron chi connectivity index (χ0n) is 23.3. The molecule has 1 N–H and O–H groups in total. The summed E-state index contributed by atoms with van der Waals surface area (Å²) in [5.74, 6) is -0.915. The minimum absolute atomic E-state index is 0.0376. The number of ether oxygens (including phenoxy) is 1. The molecule has 1 atom stereocenters. The van der Waals surface area contributed by atoms with Gasteiger partial charge in [0.2, 0.25) is 0 Å². The van der Waals surface area contributed by atoms with E-state index in [-0.39, 0.29) is 36.3 Å². The lowest BCUT2D eigenvalue weighted by Crippen LogP contribution is -2.30. The maximum Gasteiger partial charge on any atom is 0.251 e. The third kappa shape index (κ3) is 8.31. The van der Waals surface area contributed by atoms with E-state index in [1.807, 2.05) is 12.1 Å². The van der Waals surface area contributed by atoms with Crippen molar-refractivity contribution in [1.29, 1.82) is 0 Å². The fourth-order valence-electron chi connectivity index (χ4n) is 5.00. The number of hydrogen-bond donors (Lipinski definition) is 1. The van der Waals surface area contributed by atoms with Crippen LogP contribution in [-0.4, -0.2) is 29.1 Å². The standard InChI is InChI=1S/C33H37FN2O4/c1-22(37)6-5-19-40-32-18-15-27(21-29(32)34)31(20-23(2)38)36-33(39)26-12-9-24(10-13-26)11-16-28-17-14-25-7-3-4-8-30(25)35-28/h9-10,12-15,17-18,21,31H,3-8,11,16,19-20H2,1-2H3,(H,36,39)/t31-/m0/s1. The third-order valence-electron chi connectivity index (χ3n) is 7.21. The van der Waals surface area contributed by atoms with E-state index in [2.05, 4.69) is 17.4 Å². The molecule has 0 saturated heterocycles. The zero-order valence-corrected chi connectivity index (χ0v) is 23.3. The van der Waals surface area contributed by atoms with Gasteiger partial charge in [-0.3, -0.25) is 14.6 Å². The first kappa shape index (κ1) is 29.1. The van der Waals surface area contributed by atoms with Gasteiger partial charge in [0.25, 0.3) is 5.91 Å². The number of carbonyl (C=O) groups excluding carboxylic acids is 3. The van der Waals surface area contributed by atoms with E-state index in [0.29, 0.717) is 24.0 Å². The number of ketones is 2. The van der Waals surface area contributed by atoms with Crippen molar-refractivity contribution in [3.8, 4) is 5.75 Å². The summed E-state index contributed by atoms with van der Waals surface area (Å²) >= 11 is 0. The summed E-state index contributed by atoms with van der Waals surface area (Å²) in [7, 11) is 0. The molecule has 1 aliphatic rings. The second kappa shape index (κ2) is 14.0. The van der Waals surface area contributed by atoms with Crippen LogP contribution < -0.4 is 10.1 Å². The molecular weight excluding hydrogens is 507 g/mol. The smallest absolute Gasteiger partial charge is 0.251 e. The molecule has 1 amide bonds. The summed E-state index contributed by atoms with van der Waals surface area (Å²) in [6.07, 6.45) is 7.20. The van der Waals surface area contributed by atoms with Gasteiger partial charge in [0.15, 0.2) is 11.6 Å². The normalized spacial score (nSPS) is 13.3. The monoisotopic (exact) mass is 544 g/mol. The molecule has 210 valence electrons. The van der Waals surface area contributed by atoms with Gasteiger partial charge in [-0.2, -0.15) is 0 Å². The topological polar surface area (TPSA) is 85.4 Å². The van der Waals surface area contributed by atoms with Gasteiger partial charge in [-0.15, -0.1) is 0 Å². The number of hydrogen-bond acceptors (Lipinski definition) is 5. The fraction of sp³-hybridized carbons (Fsp3) is 0.394. The van der Waals surface area contributed by atoms with Crippen LogP contribution in [0, 0.1) is 5.82 Å². The van der Waals surface area contributed by atoms with Crippen molar-refractivity contribution in [3.05, 3.63) is 94.1 Å². The Kier molecular flexibility index (Phi) is 10.2. The molecule has 1 aromatic heterocycles. The number of aryl methyl sites for hydroxylation is 4. The van der Waals surface area contributed by atoms with Crippen LogP contribution in [0.5, 0.6) is 5.75 Å². The van der Waals surface area contributed by atoms with Crippen LogP contribution in [-0.2, 0) is 35.3 Å². The van der Waals surface area contributed by atoms with E-state index in [9.17, 15) is 18.8 Å². The maximum atomic E-state index is 14.7. The third-order valence-corrected chi connectivity index (χ3v) is 7.21. The molecule has 40 heavy (non-hydrogen) atoms. The molecule has 1 heterocycles. The summed E-state index contributed by atoms with van der Waals surface area (Å²) in [5.41, 5.74) is 5.76. The van der Waals surface area contributed by atoms with Crippen molar-refractivity contribution in [2.45, 2.75) is 77.7 Å². The first-order valence-electron chi connectivity index (χ1n) is 14.1. The highest BCUT2D eigenvalue weighted by Gasteiger charge is 2.20. The minimum Gasteiger partial charge on any atom is -0.491 e. The number of nitrogens with one attached hydrogen (secondary N) is 1. The second-order valence-electron chi connectivity index (χ2n) is 10.6. The lowest BCUT2D eigenvalue weighted by molar-refractivity contribution is -0.118. The number of rotatable bonds is 13. The number of pyridine rings is 1. The van der Waals surface area contributed by atoms with Gasteiger partial charge in [0.05, 0.1) is 12.6 Å². The van der Waals surface area contributed by atoms with Crippen molar-refractivity contribution in [1.82, 2.24) is 10.3 Å². The van der Waals surface area contributed by atoms with Crippen LogP contribution in [0.2, 0.25) is 0 Å². The molecule has 1 aliphatic carbocycles. The fourth-order valence-corrected chi connectivity index (χ4v) is 5.00. The summed E-state index contributed by atoms with van der Waals surface area (Å²) < 4.78 is 20.2. The van der Waals surface area contributed by atoms with E-state index in [1.165, 1.54) is 50.1 Å². The highest BCUT2D eigenvalue weighted by atomic mass is 19.1. The predicted molar refractivity (Wildman–Crippen MR) is 152 cm³/mol. The lowest BCUT2D eigenvalue weighted by Gasteiger charge is -2.19. The minimum atomic E-state index is -0.680. The van der Waals surface area contributed by atoms with Gasteiger partial charge in [0, 0.05) is 29.8 Å². The van der Waals surface area contributed by atoms with Crippen LogP contribution in [0.1, 0.15) is 90.4 Å². The Labute approximate surface area is 235 Å². The molecule has 2 aromatic carbocycles. The van der Waals surface area contributed by atoms with E-state index in [1.54, 1.807) is 18.2 Å². The Hall–Kier alpha value is -3.87. The summed E-state index contributed by atoms with van der Waals surface area (Å²) in [4.78, 5) is 40.9. The van der Waals surface area contributed by atoms with Crippen molar-refractivity contribution in [2.24, 2.45) is 0 Å². The summed E-state index contributed by atoms with van der Waals surface area (Å²) in [5, 5.41) is 2.88. The predicted octanol–water partition coefficient (Wildman–Crippen LogP) is 6.08. The molecule has 6 nitrogen and oxygen atoms in total. The summed E-state index contributed by atoms with van der Waals surface area (Å²) in [6.45, 7) is 3.17. The first-order chi connectivity index (χ1) is 19.3. The molecule has 4 rings (SSSR count). The Balaban J connectivity index is 1.36. The maximum absolute atomic E-state index is 14.7. The molecule has 3 aromatic rings. The van der Waals surface area contributed by atoms with Crippen LogP contribution in [0.3, 0.4) is 0 Å². The van der Waals surface area contributed by atoms with E-state index in [0.717, 1.165) is 36.9 Å². The molecule has 0 spiro atoms. The van der Waals surface area contributed by atoms with Crippen LogP contribution >= 0.6 is 0 Å². The Morgan fingerprint density at radius 3 is 2.45 bits per heavy atom. The average Bonchev–Trinajstić information content (AvgIpc) is 2.94. The SMILES string of the molecule is CC(=O)CCCOc1ccc([C@H](CC(C)=O)NC(=O)c2ccc(CCc3ccc4c(n3)CCCC4)cc2)cc1F. The number of aromatic nitrogens is 1. The summed E-state index contributed by atoms with van der Waals surface area (Å²) in [6, 6.07) is 15.5. The van der Waals surface area contributed by atoms with Crippen molar-refractivity contribution >= 4 is 17.5 Å². The molecule has 0 radical (unpaired) electrons. The van der Waals surface area contributed by atoms with Gasteiger partial charge in [-0.05, 0) is 106 Å². The molecule has 0 bridgehead atoms. The van der Waals surface area contributed by atoms with Crippen molar-refractivity contribution < 1.29 is 23.5 Å². The molecule has 0 fully saturated rings. The van der Waals surface area contributed by atoms with Crippen LogP contribution in [0.4, 0.5) is 4.39 Å². The molecular formula is C33H37FN2O4. The van der Waals surface area contributed by atoms with Crippen LogP contribution in [0.15, 0.2) is 54.6 Å². The number of carbonyl (C=O) groups is 3. The van der Waals surface area contributed by atoms with Gasteiger partial charge in [-0.1, -0.05) is 24.3 Å². The molecule has 0 saturated carbocycles. The van der Waals surface area contributed by atoms with Gasteiger partial charge >= 0.3 is 0 Å². The average molecular weight is 545 g/mol. The van der Waals surface area contributed by atoms with Gasteiger partial charge in [0.1, 0.15) is 11.6 Å². The molecule has 0 aliphatic heterocycles. The number of fused-ring (bicyclic) bond motifs is 1. The number of benzene rings is 2. The number of nitrogens with zero attached hydrogens (tertiary/aromatic N) is 1. The first-order valence-corrected chi connectivity index (χ1v) is 14.1. The number of halogens is 1. The number of Topliss-reactive ketones (excluding diaryl/α,β-unsaturated/α-hetero) is 2. The Morgan fingerprint density at radius 1 is 0.950 bits per heavy atom. The second-order valence-corrected chi connectivity index (χ2v) is 10.6. The van der Waals surface area contributed by atoms with Crippen molar-refractivity contribution in [3.63, 3.8) is 0 Å². The van der Waals surface area contributed by atoms with Gasteiger partial charge in [-0.25, -0.2) is 4.39 Å². The lowest BCUT2D eigenvalue weighted by atomic mass is 9.95. The Morgan fingerprint density at radius 2 is 1.73 bits per heavy atom. The van der Waals surface area contributed by atoms with E-state index >= 15 is 0 Å². The quantitative estimate of drug-likeness (QED) is 0.264. The molecule has 7 heteroatoms. The highest BCUT2D eigenvalue weighted by Crippen LogP contribution is 2.25. The van der Waals surface area contributed by atoms with E-state index < -0.39 is 11.9 Å². The molecule has 0 unspecified atom stereocenters. The number of amides is 1. The largest absolute Gasteiger partial charge is 0.491 e. The zero-order chi connectivity index (χ0) is 28.5. The highest BCUT2D eigenvalue weighted by molar-refractivity contribution is 5.94.